The second-order valence-electron chi connectivity index (χ2n) is 10.4. The summed E-state index contributed by atoms with van der Waals surface area (Å²) in [5.41, 5.74) is 4.45. The standard InChI is InChI=1S/C30H38N2O4Si/c1-9-21-13-15-23(16-14-21)32-28-24-18-22(12-11-17-36-37(7,8)30(3,4)5)27(34-6)19-26(24)31-20-25(28)29(33)35-10-2/h13-16,18-20H,9-10,17H2,1-8H3,(H,31,32). The van der Waals surface area contributed by atoms with Crippen molar-refractivity contribution in [1.82, 2.24) is 4.98 Å². The largest absolute Gasteiger partial charge is 0.495 e. The van der Waals surface area contributed by atoms with Gasteiger partial charge in [-0.1, -0.05) is 51.7 Å². The first-order valence-electron chi connectivity index (χ1n) is 12.7. The molecular weight excluding hydrogens is 480 g/mol. The molecule has 0 atom stereocenters. The topological polar surface area (TPSA) is 69.7 Å². The Morgan fingerprint density at radius 1 is 1.11 bits per heavy atom. The van der Waals surface area contributed by atoms with E-state index in [1.807, 2.05) is 24.3 Å². The van der Waals surface area contributed by atoms with E-state index in [9.17, 15) is 4.79 Å². The summed E-state index contributed by atoms with van der Waals surface area (Å²) in [6, 6.07) is 11.9. The number of carbonyl (C=O) groups is 1. The van der Waals surface area contributed by atoms with Crippen molar-refractivity contribution in [3.05, 3.63) is 59.3 Å². The number of hydrogen-bond acceptors (Lipinski definition) is 6. The van der Waals surface area contributed by atoms with Crippen LogP contribution in [0.2, 0.25) is 18.1 Å². The van der Waals surface area contributed by atoms with E-state index in [2.05, 4.69) is 75.1 Å². The number of rotatable bonds is 8. The van der Waals surface area contributed by atoms with E-state index in [4.69, 9.17) is 13.9 Å². The fraction of sp³-hybridized carbons (Fsp3) is 0.400. The van der Waals surface area contributed by atoms with Gasteiger partial charge in [-0.15, -0.1) is 0 Å². The van der Waals surface area contributed by atoms with Crippen LogP contribution in [0.15, 0.2) is 42.6 Å². The van der Waals surface area contributed by atoms with Gasteiger partial charge in [0.25, 0.3) is 0 Å². The van der Waals surface area contributed by atoms with Gasteiger partial charge in [0.1, 0.15) is 11.3 Å². The number of nitrogens with one attached hydrogen (secondary N) is 1. The number of ether oxygens (including phenoxy) is 2. The van der Waals surface area contributed by atoms with Crippen molar-refractivity contribution in [2.75, 3.05) is 25.6 Å². The molecule has 0 spiro atoms. The van der Waals surface area contributed by atoms with Crippen LogP contribution in [0, 0.1) is 11.8 Å². The van der Waals surface area contributed by atoms with Gasteiger partial charge >= 0.3 is 5.97 Å². The van der Waals surface area contributed by atoms with Gasteiger partial charge in [-0.3, -0.25) is 4.98 Å². The maximum Gasteiger partial charge on any atom is 0.341 e. The molecule has 0 fully saturated rings. The normalized spacial score (nSPS) is 11.6. The van der Waals surface area contributed by atoms with Crippen LogP contribution in [0.4, 0.5) is 11.4 Å². The Balaban J connectivity index is 2.07. The summed E-state index contributed by atoms with van der Waals surface area (Å²) in [5, 5.41) is 4.29. The molecule has 196 valence electrons. The fourth-order valence-corrected chi connectivity index (χ4v) is 4.38. The van der Waals surface area contributed by atoms with Gasteiger partial charge in [-0.05, 0) is 55.2 Å². The Kier molecular flexibility index (Phi) is 9.01. The van der Waals surface area contributed by atoms with E-state index in [0.29, 0.717) is 34.7 Å². The lowest BCUT2D eigenvalue weighted by Crippen LogP contribution is -2.40. The maximum atomic E-state index is 12.8. The molecule has 7 heteroatoms. The molecule has 0 aliphatic heterocycles. The molecule has 3 rings (SSSR count). The number of methoxy groups -OCH3 is 1. The number of pyridine rings is 1. The highest BCUT2D eigenvalue weighted by Gasteiger charge is 2.36. The van der Waals surface area contributed by atoms with Crippen LogP contribution >= 0.6 is 0 Å². The number of nitrogens with zero attached hydrogens (tertiary/aromatic N) is 1. The zero-order valence-electron chi connectivity index (χ0n) is 23.2. The molecule has 0 unspecified atom stereocenters. The summed E-state index contributed by atoms with van der Waals surface area (Å²) in [6.07, 6.45) is 2.49. The Hall–Kier alpha value is -3.34. The van der Waals surface area contributed by atoms with Gasteiger partial charge in [-0.2, -0.15) is 0 Å². The third kappa shape index (κ3) is 6.71. The summed E-state index contributed by atoms with van der Waals surface area (Å²) in [6.45, 7) is 15.5. The number of fused-ring (bicyclic) bond motifs is 1. The molecule has 1 heterocycles. The maximum absolute atomic E-state index is 12.8. The predicted molar refractivity (Wildman–Crippen MR) is 153 cm³/mol. The first kappa shape index (κ1) is 28.2. The highest BCUT2D eigenvalue weighted by molar-refractivity contribution is 6.74. The molecule has 37 heavy (non-hydrogen) atoms. The fourth-order valence-electron chi connectivity index (χ4n) is 3.52. The van der Waals surface area contributed by atoms with E-state index < -0.39 is 14.3 Å². The molecule has 0 amide bonds. The minimum absolute atomic E-state index is 0.111. The van der Waals surface area contributed by atoms with Gasteiger partial charge in [0.15, 0.2) is 8.32 Å². The minimum atomic E-state index is -1.90. The van der Waals surface area contributed by atoms with Crippen LogP contribution in [-0.4, -0.2) is 39.6 Å². The van der Waals surface area contributed by atoms with Crippen molar-refractivity contribution in [2.24, 2.45) is 0 Å². The number of carbonyl (C=O) groups excluding carboxylic acids is 1. The quantitative estimate of drug-likeness (QED) is 0.195. The molecular formula is C30H38N2O4Si. The van der Waals surface area contributed by atoms with Gasteiger partial charge in [0.2, 0.25) is 0 Å². The zero-order valence-corrected chi connectivity index (χ0v) is 24.2. The van der Waals surface area contributed by atoms with Crippen molar-refractivity contribution in [3.8, 4) is 17.6 Å². The van der Waals surface area contributed by atoms with Crippen LogP contribution in [0.25, 0.3) is 10.9 Å². The molecule has 0 aliphatic rings. The Labute approximate surface area is 221 Å². The monoisotopic (exact) mass is 518 g/mol. The van der Waals surface area contributed by atoms with Gasteiger partial charge in [0, 0.05) is 23.3 Å². The third-order valence-corrected chi connectivity index (χ3v) is 11.3. The van der Waals surface area contributed by atoms with E-state index in [1.54, 1.807) is 20.2 Å². The number of benzene rings is 2. The number of aromatic nitrogens is 1. The van der Waals surface area contributed by atoms with Crippen molar-refractivity contribution < 1.29 is 18.7 Å². The van der Waals surface area contributed by atoms with Crippen LogP contribution in [0.3, 0.4) is 0 Å². The van der Waals surface area contributed by atoms with Gasteiger partial charge < -0.3 is 19.2 Å². The summed E-state index contributed by atoms with van der Waals surface area (Å²) >= 11 is 0. The second-order valence-corrected chi connectivity index (χ2v) is 15.2. The van der Waals surface area contributed by atoms with Crippen molar-refractivity contribution in [1.29, 1.82) is 0 Å². The molecule has 0 saturated carbocycles. The first-order chi connectivity index (χ1) is 17.5. The SMILES string of the molecule is CCOC(=O)c1cnc2cc(OC)c(C#CCO[Si](C)(C)C(C)(C)C)cc2c1Nc1ccc(CC)cc1. The Morgan fingerprint density at radius 2 is 1.81 bits per heavy atom. The van der Waals surface area contributed by atoms with E-state index in [1.165, 1.54) is 5.56 Å². The Bertz CT molecular complexity index is 1320. The highest BCUT2D eigenvalue weighted by atomic mass is 28.4. The van der Waals surface area contributed by atoms with Crippen LogP contribution in [-0.2, 0) is 15.6 Å². The molecule has 0 saturated heterocycles. The van der Waals surface area contributed by atoms with E-state index in [0.717, 1.165) is 17.5 Å². The molecule has 6 nitrogen and oxygen atoms in total. The smallest absolute Gasteiger partial charge is 0.341 e. The Morgan fingerprint density at radius 3 is 2.41 bits per heavy atom. The van der Waals surface area contributed by atoms with Crippen molar-refractivity contribution in [2.45, 2.75) is 59.2 Å². The highest BCUT2D eigenvalue weighted by Crippen LogP contribution is 2.36. The molecule has 1 aromatic heterocycles. The van der Waals surface area contributed by atoms with Crippen molar-refractivity contribution in [3.63, 3.8) is 0 Å². The van der Waals surface area contributed by atoms with E-state index >= 15 is 0 Å². The second kappa shape index (κ2) is 11.8. The number of aryl methyl sites for hydroxylation is 1. The minimum Gasteiger partial charge on any atom is -0.495 e. The summed E-state index contributed by atoms with van der Waals surface area (Å²) in [4.78, 5) is 17.4. The number of hydrogen-bond donors (Lipinski definition) is 1. The molecule has 3 aromatic rings. The van der Waals surface area contributed by atoms with Gasteiger partial charge in [0.05, 0.1) is 37.1 Å². The van der Waals surface area contributed by atoms with E-state index in [-0.39, 0.29) is 11.6 Å². The average molecular weight is 519 g/mol. The summed E-state index contributed by atoms with van der Waals surface area (Å²) in [7, 11) is -0.290. The lowest BCUT2D eigenvalue weighted by molar-refractivity contribution is 0.0527. The molecule has 0 radical (unpaired) electrons. The van der Waals surface area contributed by atoms with Crippen molar-refractivity contribution >= 4 is 36.6 Å². The third-order valence-electron chi connectivity index (χ3n) is 6.85. The van der Waals surface area contributed by atoms with Crippen LogP contribution in [0.5, 0.6) is 5.75 Å². The lowest BCUT2D eigenvalue weighted by atomic mass is 10.0. The van der Waals surface area contributed by atoms with Crippen LogP contribution in [0.1, 0.15) is 56.1 Å². The lowest BCUT2D eigenvalue weighted by Gasteiger charge is -2.35. The van der Waals surface area contributed by atoms with Gasteiger partial charge in [-0.25, -0.2) is 4.79 Å². The first-order valence-corrected chi connectivity index (χ1v) is 15.6. The summed E-state index contributed by atoms with van der Waals surface area (Å²) in [5.74, 6) is 6.55. The molecule has 0 bridgehead atoms. The average Bonchev–Trinajstić information content (AvgIpc) is 2.86. The molecule has 1 N–H and O–H groups in total. The number of esters is 1. The van der Waals surface area contributed by atoms with Crippen LogP contribution < -0.4 is 10.1 Å². The molecule has 2 aromatic carbocycles. The molecule has 0 aliphatic carbocycles. The predicted octanol–water partition coefficient (Wildman–Crippen LogP) is 7.10. The zero-order chi connectivity index (χ0) is 27.2. The summed E-state index contributed by atoms with van der Waals surface area (Å²) < 4.78 is 17.2. The number of anilines is 2.